The van der Waals surface area contributed by atoms with Gasteiger partial charge in [0, 0.05) is 48.6 Å². The third kappa shape index (κ3) is 6.77. The van der Waals surface area contributed by atoms with Crippen molar-refractivity contribution in [1.82, 2.24) is 15.2 Å². The maximum absolute atomic E-state index is 13.1. The van der Waals surface area contributed by atoms with Crippen LogP contribution >= 0.6 is 0 Å². The van der Waals surface area contributed by atoms with E-state index >= 15 is 0 Å². The summed E-state index contributed by atoms with van der Waals surface area (Å²) in [7, 11) is 0. The highest BCUT2D eigenvalue weighted by atomic mass is 16.5. The van der Waals surface area contributed by atoms with Crippen LogP contribution in [0.4, 0.5) is 0 Å². The molecular weight excluding hydrogens is 446 g/mol. The van der Waals surface area contributed by atoms with Gasteiger partial charge in [0.05, 0.1) is 19.8 Å². The van der Waals surface area contributed by atoms with Crippen molar-refractivity contribution < 1.29 is 19.1 Å². The van der Waals surface area contributed by atoms with Crippen LogP contribution in [0.3, 0.4) is 0 Å². The van der Waals surface area contributed by atoms with Gasteiger partial charge in [0.15, 0.2) is 0 Å². The lowest BCUT2D eigenvalue weighted by molar-refractivity contribution is -0.146. The summed E-state index contributed by atoms with van der Waals surface area (Å²) in [6, 6.07) is 15.1. The number of hydrogen-bond acceptors (Lipinski definition) is 6. The second kappa shape index (κ2) is 11.8. The first-order valence-corrected chi connectivity index (χ1v) is 11.9. The van der Waals surface area contributed by atoms with Crippen LogP contribution in [0.5, 0.6) is 0 Å². The van der Waals surface area contributed by atoms with Crippen LogP contribution in [-0.4, -0.2) is 67.3 Å². The van der Waals surface area contributed by atoms with Crippen molar-refractivity contribution in [3.8, 4) is 0 Å². The highest BCUT2D eigenvalue weighted by molar-refractivity contribution is 5.97. The van der Waals surface area contributed by atoms with Gasteiger partial charge in [0.1, 0.15) is 6.04 Å². The van der Waals surface area contributed by atoms with E-state index in [1.165, 1.54) is 6.07 Å². The fourth-order valence-corrected chi connectivity index (χ4v) is 4.19. The van der Waals surface area contributed by atoms with Gasteiger partial charge in [-0.05, 0) is 37.1 Å². The standard InChI is InChI=1S/C27H31N3O5/c1-19-7-9-20(10-8-19)26(32)29-24(27(33)35-14-4-11-30-12-15-34-16-13-30)17-21-18-25(31)28-23-6-3-2-5-22(21)23/h2-3,5-10,18,24H,4,11-17H2,1H3,(H,28,31)(H,29,32). The molecule has 8 heteroatoms. The number of esters is 1. The molecule has 0 aliphatic carbocycles. The molecule has 3 aromatic rings. The second-order valence-electron chi connectivity index (χ2n) is 8.78. The normalized spacial score (nSPS) is 15.0. The van der Waals surface area contributed by atoms with E-state index in [9.17, 15) is 14.4 Å². The number of aryl methyl sites for hydroxylation is 1. The van der Waals surface area contributed by atoms with Crippen molar-refractivity contribution in [2.24, 2.45) is 0 Å². The molecule has 35 heavy (non-hydrogen) atoms. The molecule has 0 radical (unpaired) electrons. The first-order chi connectivity index (χ1) is 17.0. The summed E-state index contributed by atoms with van der Waals surface area (Å²) in [5.41, 5.74) is 2.58. The summed E-state index contributed by atoms with van der Waals surface area (Å²) in [6.07, 6.45) is 0.836. The summed E-state index contributed by atoms with van der Waals surface area (Å²) in [6.45, 7) is 6.20. The van der Waals surface area contributed by atoms with Gasteiger partial charge in [-0.15, -0.1) is 0 Å². The number of hydrogen-bond donors (Lipinski definition) is 2. The summed E-state index contributed by atoms with van der Waals surface area (Å²) in [5, 5.41) is 3.64. The van der Waals surface area contributed by atoms with Crippen molar-refractivity contribution in [1.29, 1.82) is 0 Å². The van der Waals surface area contributed by atoms with Crippen LogP contribution in [-0.2, 0) is 20.7 Å². The number of aromatic nitrogens is 1. The minimum Gasteiger partial charge on any atom is -0.464 e. The number of para-hydroxylation sites is 1. The van der Waals surface area contributed by atoms with Crippen molar-refractivity contribution >= 4 is 22.8 Å². The molecule has 1 atom stereocenters. The average Bonchev–Trinajstić information content (AvgIpc) is 2.87. The van der Waals surface area contributed by atoms with E-state index < -0.39 is 12.0 Å². The van der Waals surface area contributed by atoms with E-state index in [-0.39, 0.29) is 24.5 Å². The minimum atomic E-state index is -0.933. The Kier molecular flexibility index (Phi) is 8.28. The number of ether oxygens (including phenoxy) is 2. The van der Waals surface area contributed by atoms with Gasteiger partial charge >= 0.3 is 5.97 Å². The summed E-state index contributed by atoms with van der Waals surface area (Å²) >= 11 is 0. The molecule has 2 aromatic carbocycles. The van der Waals surface area contributed by atoms with E-state index in [2.05, 4.69) is 15.2 Å². The van der Waals surface area contributed by atoms with E-state index in [4.69, 9.17) is 9.47 Å². The number of rotatable bonds is 9. The van der Waals surface area contributed by atoms with E-state index in [0.29, 0.717) is 23.1 Å². The van der Waals surface area contributed by atoms with Crippen molar-refractivity contribution in [3.63, 3.8) is 0 Å². The number of amides is 1. The number of morpholine rings is 1. The zero-order valence-electron chi connectivity index (χ0n) is 19.9. The molecule has 1 unspecified atom stereocenters. The van der Waals surface area contributed by atoms with E-state index in [1.807, 2.05) is 43.3 Å². The van der Waals surface area contributed by atoms with Gasteiger partial charge < -0.3 is 19.8 Å². The smallest absolute Gasteiger partial charge is 0.328 e. The number of fused-ring (bicyclic) bond motifs is 1. The lowest BCUT2D eigenvalue weighted by atomic mass is 10.0. The highest BCUT2D eigenvalue weighted by Crippen LogP contribution is 2.17. The monoisotopic (exact) mass is 477 g/mol. The molecule has 2 heterocycles. The van der Waals surface area contributed by atoms with Crippen LogP contribution in [0.1, 0.15) is 27.9 Å². The molecule has 0 spiro atoms. The van der Waals surface area contributed by atoms with Crippen LogP contribution in [0, 0.1) is 6.92 Å². The SMILES string of the molecule is Cc1ccc(C(=O)NC(Cc2cc(=O)[nH]c3ccccc23)C(=O)OCCCN2CCOCC2)cc1. The zero-order chi connectivity index (χ0) is 24.6. The topological polar surface area (TPSA) is 101 Å². The molecule has 1 amide bonds. The second-order valence-corrected chi connectivity index (χ2v) is 8.78. The number of benzene rings is 2. The molecule has 0 saturated carbocycles. The Hall–Kier alpha value is -3.49. The Morgan fingerprint density at radius 2 is 1.86 bits per heavy atom. The van der Waals surface area contributed by atoms with Crippen LogP contribution in [0.25, 0.3) is 10.9 Å². The molecule has 8 nitrogen and oxygen atoms in total. The molecular formula is C27H31N3O5. The van der Waals surface area contributed by atoms with E-state index in [0.717, 1.165) is 43.8 Å². The number of nitrogens with zero attached hydrogens (tertiary/aromatic N) is 1. The van der Waals surface area contributed by atoms with Gasteiger partial charge in [-0.3, -0.25) is 14.5 Å². The number of carbonyl (C=O) groups excluding carboxylic acids is 2. The first-order valence-electron chi connectivity index (χ1n) is 11.9. The Bertz CT molecular complexity index is 1220. The predicted octanol–water partition coefficient (Wildman–Crippen LogP) is 2.44. The minimum absolute atomic E-state index is 0.143. The maximum atomic E-state index is 13.1. The number of aromatic amines is 1. The Morgan fingerprint density at radius 3 is 2.63 bits per heavy atom. The number of carbonyl (C=O) groups is 2. The molecule has 1 aliphatic heterocycles. The van der Waals surface area contributed by atoms with Crippen molar-refractivity contribution in [2.75, 3.05) is 39.5 Å². The van der Waals surface area contributed by atoms with Gasteiger partial charge in [-0.2, -0.15) is 0 Å². The zero-order valence-corrected chi connectivity index (χ0v) is 19.9. The van der Waals surface area contributed by atoms with Crippen LogP contribution < -0.4 is 10.9 Å². The van der Waals surface area contributed by atoms with Gasteiger partial charge in [-0.1, -0.05) is 35.9 Å². The fourth-order valence-electron chi connectivity index (χ4n) is 4.19. The van der Waals surface area contributed by atoms with Crippen LogP contribution in [0.15, 0.2) is 59.4 Å². The first kappa shape index (κ1) is 24.6. The quantitative estimate of drug-likeness (QED) is 0.363. The third-order valence-electron chi connectivity index (χ3n) is 6.13. The molecule has 0 bridgehead atoms. The number of nitrogens with one attached hydrogen (secondary N) is 2. The predicted molar refractivity (Wildman–Crippen MR) is 134 cm³/mol. The Morgan fingerprint density at radius 1 is 1.11 bits per heavy atom. The lowest BCUT2D eigenvalue weighted by Gasteiger charge is -2.26. The molecule has 1 aliphatic rings. The summed E-state index contributed by atoms with van der Waals surface area (Å²) in [5.74, 6) is -0.883. The number of H-pyrrole nitrogens is 1. The molecule has 1 aromatic heterocycles. The van der Waals surface area contributed by atoms with Gasteiger partial charge in [0.25, 0.3) is 5.91 Å². The number of pyridine rings is 1. The maximum Gasteiger partial charge on any atom is 0.328 e. The average molecular weight is 478 g/mol. The molecule has 1 saturated heterocycles. The van der Waals surface area contributed by atoms with Gasteiger partial charge in [0.2, 0.25) is 5.56 Å². The molecule has 1 fully saturated rings. The third-order valence-corrected chi connectivity index (χ3v) is 6.13. The fraction of sp³-hybridized carbons (Fsp3) is 0.370. The summed E-state index contributed by atoms with van der Waals surface area (Å²) in [4.78, 5) is 43.3. The van der Waals surface area contributed by atoms with Crippen molar-refractivity contribution in [3.05, 3.63) is 81.6 Å². The van der Waals surface area contributed by atoms with Crippen molar-refractivity contribution in [2.45, 2.75) is 25.8 Å². The van der Waals surface area contributed by atoms with Gasteiger partial charge in [-0.25, -0.2) is 4.79 Å². The highest BCUT2D eigenvalue weighted by Gasteiger charge is 2.25. The molecule has 2 N–H and O–H groups in total. The van der Waals surface area contributed by atoms with Crippen LogP contribution in [0.2, 0.25) is 0 Å². The Balaban J connectivity index is 1.47. The Labute approximate surface area is 204 Å². The lowest BCUT2D eigenvalue weighted by Crippen LogP contribution is -2.44. The molecule has 184 valence electrons. The van der Waals surface area contributed by atoms with E-state index in [1.54, 1.807) is 12.1 Å². The largest absolute Gasteiger partial charge is 0.464 e. The summed E-state index contributed by atoms with van der Waals surface area (Å²) < 4.78 is 10.9. The molecule has 4 rings (SSSR count).